The highest BCUT2D eigenvalue weighted by Crippen LogP contribution is 2.22. The zero-order valence-electron chi connectivity index (χ0n) is 32.8. The van der Waals surface area contributed by atoms with Crippen LogP contribution in [-0.4, -0.2) is 31.5 Å². The molecule has 0 fully saturated rings. The zero-order chi connectivity index (χ0) is 35.5. The molecule has 1 aromatic rings. The number of amides is 2. The van der Waals surface area contributed by atoms with Crippen LogP contribution in [0.25, 0.3) is 0 Å². The average Bonchev–Trinajstić information content (AvgIpc) is 3.11. The van der Waals surface area contributed by atoms with E-state index in [4.69, 9.17) is 4.74 Å². The Morgan fingerprint density at radius 3 is 1.20 bits per heavy atom. The molecule has 2 N–H and O–H groups in total. The van der Waals surface area contributed by atoms with Gasteiger partial charge in [0.2, 0.25) is 0 Å². The molecule has 0 saturated carbocycles. The van der Waals surface area contributed by atoms with Crippen LogP contribution in [0.5, 0.6) is 5.75 Å². The monoisotopic (exact) mass is 685 g/mol. The third-order valence-electron chi connectivity index (χ3n) is 9.88. The van der Waals surface area contributed by atoms with Crippen LogP contribution in [0.2, 0.25) is 0 Å². The van der Waals surface area contributed by atoms with Gasteiger partial charge in [0.05, 0.1) is 12.2 Å². The number of carbonyl (C=O) groups is 2. The maximum Gasteiger partial charge on any atom is 0.255 e. The van der Waals surface area contributed by atoms with Gasteiger partial charge in [-0.15, -0.1) is 0 Å². The zero-order valence-corrected chi connectivity index (χ0v) is 32.8. The first-order chi connectivity index (χ1) is 24.1. The summed E-state index contributed by atoms with van der Waals surface area (Å²) in [4.78, 5) is 26.2. The van der Waals surface area contributed by atoms with Crippen LogP contribution in [0.1, 0.15) is 234 Å². The molecule has 1 aromatic carbocycles. The lowest BCUT2D eigenvalue weighted by Crippen LogP contribution is -2.26. The third-order valence-corrected chi connectivity index (χ3v) is 9.88. The second-order valence-corrected chi connectivity index (χ2v) is 14.6. The van der Waals surface area contributed by atoms with Crippen LogP contribution in [0.15, 0.2) is 18.2 Å². The van der Waals surface area contributed by atoms with Crippen LogP contribution in [0.4, 0.5) is 0 Å². The predicted octanol–water partition coefficient (Wildman–Crippen LogP) is 13.3. The summed E-state index contributed by atoms with van der Waals surface area (Å²) in [7, 11) is 0. The van der Waals surface area contributed by atoms with Crippen LogP contribution in [-0.2, 0) is 0 Å². The van der Waals surface area contributed by atoms with E-state index in [9.17, 15) is 9.59 Å². The maximum atomic E-state index is 13.2. The summed E-state index contributed by atoms with van der Waals surface area (Å²) in [5.41, 5.74) is 1.10. The van der Waals surface area contributed by atoms with E-state index in [1.807, 2.05) is 0 Å². The van der Waals surface area contributed by atoms with Crippen molar-refractivity contribution in [3.05, 3.63) is 29.3 Å². The number of carbonyl (C=O) groups excluding carboxylic acids is 2. The van der Waals surface area contributed by atoms with Crippen molar-refractivity contribution in [1.29, 1.82) is 0 Å². The number of nitrogens with one attached hydrogen (secondary N) is 2. The van der Waals surface area contributed by atoms with Gasteiger partial charge in [-0.1, -0.05) is 194 Å². The SMILES string of the molecule is CCCCCCCCCCCCCCOc1cc(C(=O)NCCCCCCCCCCC)ccc1C(=O)NCCCCCCCCCCC. The van der Waals surface area contributed by atoms with Gasteiger partial charge in [-0.05, 0) is 37.5 Å². The van der Waals surface area contributed by atoms with Crippen LogP contribution in [0, 0.1) is 0 Å². The van der Waals surface area contributed by atoms with Crippen LogP contribution in [0.3, 0.4) is 0 Å². The molecule has 0 aliphatic rings. The Labute approximate surface area is 304 Å². The maximum absolute atomic E-state index is 13.2. The van der Waals surface area contributed by atoms with Crippen LogP contribution < -0.4 is 15.4 Å². The first kappa shape index (κ1) is 45.0. The highest BCUT2D eigenvalue weighted by molar-refractivity contribution is 6.00. The lowest BCUT2D eigenvalue weighted by atomic mass is 10.1. The van der Waals surface area contributed by atoms with Gasteiger partial charge in [0, 0.05) is 18.7 Å². The quantitative estimate of drug-likeness (QED) is 0.0691. The van der Waals surface area contributed by atoms with Gasteiger partial charge in [-0.25, -0.2) is 0 Å². The van der Waals surface area contributed by atoms with Gasteiger partial charge in [0.25, 0.3) is 11.8 Å². The fourth-order valence-electron chi connectivity index (χ4n) is 6.57. The van der Waals surface area contributed by atoms with Crippen LogP contribution >= 0.6 is 0 Å². The second-order valence-electron chi connectivity index (χ2n) is 14.6. The Hall–Kier alpha value is -2.04. The summed E-state index contributed by atoms with van der Waals surface area (Å²) >= 11 is 0. The summed E-state index contributed by atoms with van der Waals surface area (Å²) in [5, 5.41) is 6.20. The number of hydrogen-bond donors (Lipinski definition) is 2. The first-order valence-electron chi connectivity index (χ1n) is 21.5. The van der Waals surface area contributed by atoms with E-state index >= 15 is 0 Å². The van der Waals surface area contributed by atoms with E-state index in [-0.39, 0.29) is 11.8 Å². The Bertz CT molecular complexity index is 902. The van der Waals surface area contributed by atoms with E-state index in [0.717, 1.165) is 38.5 Å². The number of unbranched alkanes of at least 4 members (excludes halogenated alkanes) is 27. The Balaban J connectivity index is 2.48. The molecule has 0 radical (unpaired) electrons. The van der Waals surface area contributed by atoms with Gasteiger partial charge in [0.15, 0.2) is 0 Å². The highest BCUT2D eigenvalue weighted by Gasteiger charge is 2.16. The van der Waals surface area contributed by atoms with E-state index in [1.54, 1.807) is 18.2 Å². The molecule has 2 amide bonds. The molecule has 49 heavy (non-hydrogen) atoms. The van der Waals surface area contributed by atoms with E-state index in [0.29, 0.717) is 36.6 Å². The van der Waals surface area contributed by atoms with Crippen molar-refractivity contribution in [3.63, 3.8) is 0 Å². The Morgan fingerprint density at radius 1 is 0.449 bits per heavy atom. The van der Waals surface area contributed by atoms with E-state index in [1.165, 1.54) is 154 Å². The lowest BCUT2D eigenvalue weighted by molar-refractivity contribution is 0.0937. The highest BCUT2D eigenvalue weighted by atomic mass is 16.5. The third kappa shape index (κ3) is 26.4. The van der Waals surface area contributed by atoms with Crippen molar-refractivity contribution in [2.24, 2.45) is 0 Å². The molecule has 0 bridgehead atoms. The molecular formula is C44H80N2O3. The molecule has 0 aliphatic heterocycles. The minimum absolute atomic E-state index is 0.0866. The van der Waals surface area contributed by atoms with E-state index in [2.05, 4.69) is 31.4 Å². The Kier molecular flexibility index (Phi) is 31.6. The topological polar surface area (TPSA) is 67.4 Å². The summed E-state index contributed by atoms with van der Waals surface area (Å²) in [6, 6.07) is 5.33. The fraction of sp³-hybridized carbons (Fsp3) is 0.818. The average molecular weight is 685 g/mol. The van der Waals surface area contributed by atoms with Crippen molar-refractivity contribution in [2.45, 2.75) is 213 Å². The minimum atomic E-state index is -0.106. The minimum Gasteiger partial charge on any atom is -0.493 e. The first-order valence-corrected chi connectivity index (χ1v) is 21.5. The van der Waals surface area contributed by atoms with Crippen molar-refractivity contribution in [1.82, 2.24) is 10.6 Å². The predicted molar refractivity (Wildman–Crippen MR) is 212 cm³/mol. The van der Waals surface area contributed by atoms with Crippen molar-refractivity contribution >= 4 is 11.8 Å². The number of ether oxygens (including phenoxy) is 1. The number of rotatable bonds is 36. The van der Waals surface area contributed by atoms with Gasteiger partial charge in [0.1, 0.15) is 5.75 Å². The Morgan fingerprint density at radius 2 is 0.796 bits per heavy atom. The molecule has 0 saturated heterocycles. The largest absolute Gasteiger partial charge is 0.493 e. The molecular weight excluding hydrogens is 604 g/mol. The molecule has 0 aromatic heterocycles. The van der Waals surface area contributed by atoms with Gasteiger partial charge in [-0.2, -0.15) is 0 Å². The molecule has 1 rings (SSSR count). The summed E-state index contributed by atoms with van der Waals surface area (Å²) in [6.45, 7) is 8.72. The lowest BCUT2D eigenvalue weighted by Gasteiger charge is -2.14. The number of hydrogen-bond acceptors (Lipinski definition) is 3. The summed E-state index contributed by atoms with van der Waals surface area (Å²) in [6.07, 6.45) is 38.2. The van der Waals surface area contributed by atoms with Crippen molar-refractivity contribution < 1.29 is 14.3 Å². The summed E-state index contributed by atoms with van der Waals surface area (Å²) < 4.78 is 6.20. The van der Waals surface area contributed by atoms with Gasteiger partial charge < -0.3 is 15.4 Å². The van der Waals surface area contributed by atoms with E-state index < -0.39 is 0 Å². The van der Waals surface area contributed by atoms with Crippen molar-refractivity contribution in [3.8, 4) is 5.75 Å². The van der Waals surface area contributed by atoms with Gasteiger partial charge in [-0.3, -0.25) is 9.59 Å². The molecule has 0 spiro atoms. The van der Waals surface area contributed by atoms with Crippen molar-refractivity contribution in [2.75, 3.05) is 19.7 Å². The molecule has 5 heteroatoms. The fourth-order valence-corrected chi connectivity index (χ4v) is 6.57. The standard InChI is InChI=1S/C44H80N2O3/c1-4-7-10-13-16-19-20-21-24-27-30-33-38-49-42-39-40(43(47)45-36-31-28-25-22-17-14-11-8-5-2)34-35-41(42)44(48)46-37-32-29-26-23-18-15-12-9-6-3/h34-35,39H,4-33,36-38H2,1-3H3,(H,45,47)(H,46,48). The second kappa shape index (κ2) is 34.4. The smallest absolute Gasteiger partial charge is 0.255 e. The molecule has 0 unspecified atom stereocenters. The number of benzene rings is 1. The summed E-state index contributed by atoms with van der Waals surface area (Å²) in [5.74, 6) is 0.339. The molecule has 0 heterocycles. The molecule has 0 atom stereocenters. The molecule has 284 valence electrons. The molecule has 0 aliphatic carbocycles. The normalized spacial score (nSPS) is 11.2. The van der Waals surface area contributed by atoms with Gasteiger partial charge >= 0.3 is 0 Å². The molecule has 5 nitrogen and oxygen atoms in total.